The zero-order valence-corrected chi connectivity index (χ0v) is 16.6. The number of anilines is 1. The van der Waals surface area contributed by atoms with Crippen molar-refractivity contribution in [1.29, 1.82) is 0 Å². The average Bonchev–Trinajstić information content (AvgIpc) is 2.68. The van der Waals surface area contributed by atoms with E-state index in [1.54, 1.807) is 0 Å². The monoisotopic (exact) mass is 357 g/mol. The Morgan fingerprint density at radius 3 is 2.15 bits per heavy atom. The Hall–Kier alpha value is -2.28. The maximum atomic E-state index is 6.23. The van der Waals surface area contributed by atoms with E-state index in [-0.39, 0.29) is 0 Å². The molecule has 0 spiro atoms. The van der Waals surface area contributed by atoms with Crippen LogP contribution in [0.25, 0.3) is 32.3 Å². The van der Waals surface area contributed by atoms with Gasteiger partial charge in [0.2, 0.25) is 0 Å². The smallest absolute Gasteiger partial charge is 0.0326 e. The number of nitrogens with two attached hydrogens (primary N) is 1. The SMILES string of the molecule is CCCCCCCCCCc1cc2cccc3ccc4cc(N)cc1c4c32. The van der Waals surface area contributed by atoms with Crippen molar-refractivity contribution in [2.24, 2.45) is 0 Å². The zero-order chi connectivity index (χ0) is 18.6. The van der Waals surface area contributed by atoms with Crippen LogP contribution in [-0.2, 0) is 6.42 Å². The second-order valence-electron chi connectivity index (χ2n) is 8.07. The van der Waals surface area contributed by atoms with Crippen molar-refractivity contribution in [3.8, 4) is 0 Å². The van der Waals surface area contributed by atoms with E-state index < -0.39 is 0 Å². The van der Waals surface area contributed by atoms with E-state index >= 15 is 0 Å². The summed E-state index contributed by atoms with van der Waals surface area (Å²) < 4.78 is 0. The summed E-state index contributed by atoms with van der Waals surface area (Å²) in [4.78, 5) is 0. The lowest BCUT2D eigenvalue weighted by Crippen LogP contribution is -1.94. The Bertz CT molecular complexity index is 1030. The van der Waals surface area contributed by atoms with E-state index in [9.17, 15) is 0 Å². The van der Waals surface area contributed by atoms with Gasteiger partial charge >= 0.3 is 0 Å². The molecule has 0 radical (unpaired) electrons. The molecular formula is C26H31N. The molecule has 27 heavy (non-hydrogen) atoms. The number of rotatable bonds is 9. The highest BCUT2D eigenvalue weighted by atomic mass is 14.5. The molecule has 1 heteroatoms. The first-order valence-electron chi connectivity index (χ1n) is 10.7. The lowest BCUT2D eigenvalue weighted by molar-refractivity contribution is 0.576. The molecule has 1 nitrogen and oxygen atoms in total. The first-order valence-corrected chi connectivity index (χ1v) is 10.7. The first kappa shape index (κ1) is 18.1. The van der Waals surface area contributed by atoms with Gasteiger partial charge in [-0.2, -0.15) is 0 Å². The molecular weight excluding hydrogens is 326 g/mol. The van der Waals surface area contributed by atoms with Crippen LogP contribution in [0.2, 0.25) is 0 Å². The van der Waals surface area contributed by atoms with Gasteiger partial charge in [-0.15, -0.1) is 0 Å². The van der Waals surface area contributed by atoms with Crippen LogP contribution < -0.4 is 5.73 Å². The van der Waals surface area contributed by atoms with Crippen LogP contribution in [0.5, 0.6) is 0 Å². The third-order valence-electron chi connectivity index (χ3n) is 5.99. The molecule has 0 aliphatic heterocycles. The second kappa shape index (κ2) is 8.17. The average molecular weight is 358 g/mol. The van der Waals surface area contributed by atoms with Gasteiger partial charge in [0.25, 0.3) is 0 Å². The van der Waals surface area contributed by atoms with Gasteiger partial charge in [0.15, 0.2) is 0 Å². The second-order valence-corrected chi connectivity index (χ2v) is 8.07. The number of nitrogen functional groups attached to an aromatic ring is 1. The van der Waals surface area contributed by atoms with E-state index in [0.29, 0.717) is 0 Å². The van der Waals surface area contributed by atoms with Crippen LogP contribution in [-0.4, -0.2) is 0 Å². The minimum absolute atomic E-state index is 0.873. The van der Waals surface area contributed by atoms with Crippen molar-refractivity contribution in [2.75, 3.05) is 5.73 Å². The van der Waals surface area contributed by atoms with Crippen molar-refractivity contribution in [2.45, 2.75) is 64.7 Å². The Kier molecular flexibility index (Phi) is 5.48. The van der Waals surface area contributed by atoms with E-state index in [4.69, 9.17) is 5.73 Å². The quantitative estimate of drug-likeness (QED) is 0.184. The number of benzene rings is 4. The summed E-state index contributed by atoms with van der Waals surface area (Å²) in [5.74, 6) is 0. The highest BCUT2D eigenvalue weighted by molar-refractivity contribution is 6.24. The molecule has 0 amide bonds. The molecule has 0 saturated heterocycles. The predicted molar refractivity (Wildman–Crippen MR) is 121 cm³/mol. The molecule has 0 fully saturated rings. The number of unbranched alkanes of at least 4 members (excludes halogenated alkanes) is 7. The van der Waals surface area contributed by atoms with E-state index in [2.05, 4.69) is 55.5 Å². The van der Waals surface area contributed by atoms with Crippen LogP contribution in [0.3, 0.4) is 0 Å². The molecule has 0 aromatic heterocycles. The summed E-state index contributed by atoms with van der Waals surface area (Å²) >= 11 is 0. The third kappa shape index (κ3) is 3.74. The molecule has 0 saturated carbocycles. The fourth-order valence-electron chi connectivity index (χ4n) is 4.59. The molecule has 0 aliphatic rings. The molecule has 4 rings (SSSR count). The van der Waals surface area contributed by atoms with Crippen LogP contribution in [0.4, 0.5) is 5.69 Å². The topological polar surface area (TPSA) is 26.0 Å². The first-order chi connectivity index (χ1) is 13.3. The Balaban J connectivity index is 1.56. The standard InChI is InChI=1S/C26H31N/c1-2-3-4-5-6-7-8-9-11-20-16-21-13-10-12-19-14-15-22-17-23(27)18-24(20)26(22)25(19)21/h10,12-18H,2-9,11,27H2,1H3. The van der Waals surface area contributed by atoms with Crippen molar-refractivity contribution in [1.82, 2.24) is 0 Å². The van der Waals surface area contributed by atoms with E-state index in [1.807, 2.05) is 0 Å². The predicted octanol–water partition coefficient (Wildman–Crippen LogP) is 7.85. The lowest BCUT2D eigenvalue weighted by atomic mass is 9.89. The number of aryl methyl sites for hydroxylation is 1. The summed E-state index contributed by atoms with van der Waals surface area (Å²) in [6.45, 7) is 2.28. The summed E-state index contributed by atoms with van der Waals surface area (Å²) in [6.07, 6.45) is 12.1. The molecule has 0 unspecified atom stereocenters. The zero-order valence-electron chi connectivity index (χ0n) is 16.6. The van der Waals surface area contributed by atoms with Crippen molar-refractivity contribution < 1.29 is 0 Å². The minimum Gasteiger partial charge on any atom is -0.399 e. The Labute approximate surface area is 162 Å². The van der Waals surface area contributed by atoms with Crippen LogP contribution in [0.15, 0.2) is 48.5 Å². The van der Waals surface area contributed by atoms with Gasteiger partial charge in [-0.05, 0) is 62.9 Å². The van der Waals surface area contributed by atoms with Crippen LogP contribution in [0.1, 0.15) is 63.9 Å². The molecule has 0 bridgehead atoms. The van der Waals surface area contributed by atoms with Crippen molar-refractivity contribution in [3.05, 3.63) is 54.1 Å². The van der Waals surface area contributed by atoms with Crippen LogP contribution in [0, 0.1) is 0 Å². The van der Waals surface area contributed by atoms with Gasteiger partial charge in [0, 0.05) is 5.69 Å². The summed E-state index contributed by atoms with van der Waals surface area (Å²) in [5.41, 5.74) is 8.57. The minimum atomic E-state index is 0.873. The molecule has 0 aliphatic carbocycles. The maximum Gasteiger partial charge on any atom is 0.0326 e. The fraction of sp³-hybridized carbons (Fsp3) is 0.385. The maximum absolute atomic E-state index is 6.23. The van der Waals surface area contributed by atoms with Crippen molar-refractivity contribution >= 4 is 38.0 Å². The largest absolute Gasteiger partial charge is 0.399 e. The Morgan fingerprint density at radius 1 is 0.667 bits per heavy atom. The molecule has 0 atom stereocenters. The van der Waals surface area contributed by atoms with Gasteiger partial charge in [-0.25, -0.2) is 0 Å². The lowest BCUT2D eigenvalue weighted by Gasteiger charge is -2.15. The number of hydrogen-bond donors (Lipinski definition) is 1. The van der Waals surface area contributed by atoms with Gasteiger partial charge in [0.1, 0.15) is 0 Å². The van der Waals surface area contributed by atoms with E-state index in [1.165, 1.54) is 89.2 Å². The van der Waals surface area contributed by atoms with Gasteiger partial charge in [-0.3, -0.25) is 0 Å². The van der Waals surface area contributed by atoms with Crippen LogP contribution >= 0.6 is 0 Å². The van der Waals surface area contributed by atoms with Crippen molar-refractivity contribution in [3.63, 3.8) is 0 Å². The summed E-state index contributed by atoms with van der Waals surface area (Å²) in [6, 6.07) is 17.8. The Morgan fingerprint density at radius 2 is 1.33 bits per heavy atom. The highest BCUT2D eigenvalue weighted by Gasteiger charge is 2.12. The molecule has 4 aromatic carbocycles. The van der Waals surface area contributed by atoms with Gasteiger partial charge in [0.05, 0.1) is 0 Å². The van der Waals surface area contributed by atoms with E-state index in [0.717, 1.165) is 12.1 Å². The fourth-order valence-corrected chi connectivity index (χ4v) is 4.59. The number of hydrogen-bond acceptors (Lipinski definition) is 1. The molecule has 4 aromatic rings. The van der Waals surface area contributed by atoms with Gasteiger partial charge in [-0.1, -0.05) is 88.3 Å². The molecule has 0 heterocycles. The summed E-state index contributed by atoms with van der Waals surface area (Å²) in [7, 11) is 0. The summed E-state index contributed by atoms with van der Waals surface area (Å²) in [5, 5.41) is 8.11. The molecule has 140 valence electrons. The van der Waals surface area contributed by atoms with Gasteiger partial charge < -0.3 is 5.73 Å². The highest BCUT2D eigenvalue weighted by Crippen LogP contribution is 2.38. The molecule has 2 N–H and O–H groups in total. The third-order valence-corrected chi connectivity index (χ3v) is 5.99. The normalized spacial score (nSPS) is 11.9.